The van der Waals surface area contributed by atoms with Gasteiger partial charge in [-0.15, -0.1) is 0 Å². The summed E-state index contributed by atoms with van der Waals surface area (Å²) in [6.07, 6.45) is 0. The molecule has 2 aromatic carbocycles. The molecule has 6 heteroatoms. The molecule has 0 spiro atoms. The number of aryl methyl sites for hydroxylation is 1. The van der Waals surface area contributed by atoms with Crippen molar-refractivity contribution < 1.29 is 8.42 Å². The molecule has 2 rings (SSSR count). The highest BCUT2D eigenvalue weighted by Gasteiger charge is 2.16. The van der Waals surface area contributed by atoms with E-state index >= 15 is 0 Å². The van der Waals surface area contributed by atoms with Crippen LogP contribution in [0.15, 0.2) is 47.4 Å². The van der Waals surface area contributed by atoms with Gasteiger partial charge in [-0.25, -0.2) is 13.1 Å². The van der Waals surface area contributed by atoms with Crippen LogP contribution < -0.4 is 15.4 Å². The summed E-state index contributed by atoms with van der Waals surface area (Å²) in [5, 5.41) is 0. The molecule has 5 nitrogen and oxygen atoms in total. The van der Waals surface area contributed by atoms with Gasteiger partial charge < -0.3 is 10.6 Å². The molecule has 21 heavy (non-hydrogen) atoms. The van der Waals surface area contributed by atoms with Crippen molar-refractivity contribution >= 4 is 27.1 Å². The first kappa shape index (κ1) is 15.3. The molecule has 2 aromatic rings. The molecule has 0 atom stereocenters. The first-order valence-electron chi connectivity index (χ1n) is 6.49. The molecule has 0 saturated carbocycles. The monoisotopic (exact) mass is 305 g/mol. The minimum absolute atomic E-state index is 0.189. The zero-order valence-corrected chi connectivity index (χ0v) is 13.1. The van der Waals surface area contributed by atoms with Crippen LogP contribution in [0.25, 0.3) is 0 Å². The van der Waals surface area contributed by atoms with Gasteiger partial charge in [0.15, 0.2) is 0 Å². The Labute approximate surface area is 125 Å². The zero-order chi connectivity index (χ0) is 15.6. The van der Waals surface area contributed by atoms with Crippen molar-refractivity contribution in [1.29, 1.82) is 0 Å². The predicted molar refractivity (Wildman–Crippen MR) is 86.3 cm³/mol. The summed E-state index contributed by atoms with van der Waals surface area (Å²) in [4.78, 5) is 2.08. The van der Waals surface area contributed by atoms with Crippen LogP contribution in [0.5, 0.6) is 0 Å². The molecule has 0 bridgehead atoms. The van der Waals surface area contributed by atoms with Crippen LogP contribution >= 0.6 is 0 Å². The Balaban J connectivity index is 2.54. The van der Waals surface area contributed by atoms with Crippen LogP contribution in [0.2, 0.25) is 0 Å². The summed E-state index contributed by atoms with van der Waals surface area (Å²) < 4.78 is 26.1. The highest BCUT2D eigenvalue weighted by atomic mass is 32.2. The summed E-state index contributed by atoms with van der Waals surface area (Å²) in [6, 6.07) is 12.5. The van der Waals surface area contributed by atoms with Gasteiger partial charge in [-0.3, -0.25) is 0 Å². The van der Waals surface area contributed by atoms with Gasteiger partial charge in [0.05, 0.1) is 16.3 Å². The highest BCUT2D eigenvalue weighted by Crippen LogP contribution is 2.32. The van der Waals surface area contributed by atoms with E-state index in [0.29, 0.717) is 11.4 Å². The first-order chi connectivity index (χ1) is 9.86. The topological polar surface area (TPSA) is 75.4 Å². The summed E-state index contributed by atoms with van der Waals surface area (Å²) in [7, 11) is -0.245. The van der Waals surface area contributed by atoms with Crippen molar-refractivity contribution in [2.24, 2.45) is 0 Å². The lowest BCUT2D eigenvalue weighted by Gasteiger charge is -2.23. The van der Waals surface area contributed by atoms with Crippen LogP contribution in [-0.4, -0.2) is 22.5 Å². The third-order valence-corrected chi connectivity index (χ3v) is 4.83. The van der Waals surface area contributed by atoms with Crippen molar-refractivity contribution in [2.45, 2.75) is 11.8 Å². The summed E-state index contributed by atoms with van der Waals surface area (Å²) in [5.74, 6) is 0. The van der Waals surface area contributed by atoms with E-state index in [0.717, 1.165) is 11.3 Å². The average Bonchev–Trinajstić information content (AvgIpc) is 2.47. The highest BCUT2D eigenvalue weighted by molar-refractivity contribution is 7.89. The van der Waals surface area contributed by atoms with Crippen molar-refractivity contribution in [2.75, 3.05) is 24.7 Å². The molecule has 0 saturated heterocycles. The quantitative estimate of drug-likeness (QED) is 0.850. The Morgan fingerprint density at radius 1 is 1.10 bits per heavy atom. The lowest BCUT2D eigenvalue weighted by atomic mass is 10.1. The van der Waals surface area contributed by atoms with Gasteiger partial charge in [0, 0.05) is 12.7 Å². The summed E-state index contributed by atoms with van der Waals surface area (Å²) in [5.41, 5.74) is 9.24. The van der Waals surface area contributed by atoms with Crippen molar-refractivity contribution in [3.8, 4) is 0 Å². The van der Waals surface area contributed by atoms with Crippen LogP contribution in [-0.2, 0) is 10.0 Å². The molecule has 0 aliphatic carbocycles. The van der Waals surface area contributed by atoms with Gasteiger partial charge in [0.1, 0.15) is 0 Å². The molecule has 3 N–H and O–H groups in total. The number of para-hydroxylation sites is 1. The fourth-order valence-corrected chi connectivity index (χ4v) is 2.92. The molecule has 0 aliphatic rings. The maximum absolute atomic E-state index is 11.9. The number of nitrogens with zero attached hydrogens (tertiary/aromatic N) is 1. The average molecular weight is 305 g/mol. The van der Waals surface area contributed by atoms with E-state index in [1.54, 1.807) is 12.1 Å². The SMILES string of the molecule is CNS(=O)(=O)c1ccc(N)c(N(C)c2ccccc2C)c1. The Morgan fingerprint density at radius 2 is 1.76 bits per heavy atom. The fraction of sp³-hybridized carbons (Fsp3) is 0.200. The van der Waals surface area contributed by atoms with Gasteiger partial charge in [-0.05, 0) is 43.8 Å². The summed E-state index contributed by atoms with van der Waals surface area (Å²) in [6.45, 7) is 2.00. The minimum atomic E-state index is -3.50. The molecule has 112 valence electrons. The third kappa shape index (κ3) is 3.01. The van der Waals surface area contributed by atoms with Crippen molar-refractivity contribution in [3.63, 3.8) is 0 Å². The maximum Gasteiger partial charge on any atom is 0.240 e. The number of benzene rings is 2. The molecule has 0 fully saturated rings. The van der Waals surface area contributed by atoms with Crippen LogP contribution in [0.3, 0.4) is 0 Å². The molecule has 0 radical (unpaired) electrons. The number of nitrogen functional groups attached to an aromatic ring is 1. The fourth-order valence-electron chi connectivity index (χ4n) is 2.17. The molecule has 0 aliphatic heterocycles. The largest absolute Gasteiger partial charge is 0.397 e. The summed E-state index contributed by atoms with van der Waals surface area (Å²) >= 11 is 0. The van der Waals surface area contributed by atoms with Crippen LogP contribution in [0.1, 0.15) is 5.56 Å². The van der Waals surface area contributed by atoms with E-state index in [9.17, 15) is 8.42 Å². The smallest absolute Gasteiger partial charge is 0.240 e. The van der Waals surface area contributed by atoms with Gasteiger partial charge >= 0.3 is 0 Å². The standard InChI is InChI=1S/C15H19N3O2S/c1-11-6-4-5-7-14(11)18(3)15-10-12(8-9-13(15)16)21(19,20)17-2/h4-10,17H,16H2,1-3H3. The second kappa shape index (κ2) is 5.75. The van der Waals surface area contributed by atoms with E-state index in [1.807, 2.05) is 43.1 Å². The van der Waals surface area contributed by atoms with Crippen molar-refractivity contribution in [3.05, 3.63) is 48.0 Å². The van der Waals surface area contributed by atoms with Gasteiger partial charge in [0.2, 0.25) is 10.0 Å². The zero-order valence-electron chi connectivity index (χ0n) is 12.3. The molecular weight excluding hydrogens is 286 g/mol. The Kier molecular flexibility index (Phi) is 4.20. The van der Waals surface area contributed by atoms with E-state index in [1.165, 1.54) is 13.1 Å². The number of rotatable bonds is 4. The minimum Gasteiger partial charge on any atom is -0.397 e. The third-order valence-electron chi connectivity index (χ3n) is 3.42. The lowest BCUT2D eigenvalue weighted by molar-refractivity contribution is 0.588. The van der Waals surface area contributed by atoms with E-state index in [2.05, 4.69) is 4.72 Å². The van der Waals surface area contributed by atoms with E-state index in [4.69, 9.17) is 5.73 Å². The van der Waals surface area contributed by atoms with Gasteiger partial charge in [-0.1, -0.05) is 18.2 Å². The van der Waals surface area contributed by atoms with E-state index < -0.39 is 10.0 Å². The molecule has 0 amide bonds. The second-order valence-electron chi connectivity index (χ2n) is 4.77. The lowest BCUT2D eigenvalue weighted by Crippen LogP contribution is -2.20. The molecule has 0 heterocycles. The van der Waals surface area contributed by atoms with Crippen molar-refractivity contribution in [1.82, 2.24) is 4.72 Å². The predicted octanol–water partition coefficient (Wildman–Crippen LogP) is 2.25. The maximum atomic E-state index is 11.9. The molecular formula is C15H19N3O2S. The Morgan fingerprint density at radius 3 is 2.38 bits per heavy atom. The number of nitrogens with one attached hydrogen (secondary N) is 1. The van der Waals surface area contributed by atoms with E-state index in [-0.39, 0.29) is 4.90 Å². The number of sulfonamides is 1. The number of hydrogen-bond acceptors (Lipinski definition) is 4. The second-order valence-corrected chi connectivity index (χ2v) is 6.66. The molecule has 0 unspecified atom stereocenters. The normalized spacial score (nSPS) is 11.4. The van der Waals surface area contributed by atoms with Crippen LogP contribution in [0, 0.1) is 6.92 Å². The molecule has 0 aromatic heterocycles. The Bertz CT molecular complexity index is 757. The number of anilines is 3. The number of nitrogens with two attached hydrogens (primary N) is 1. The number of hydrogen-bond donors (Lipinski definition) is 2. The van der Waals surface area contributed by atoms with Crippen LogP contribution in [0.4, 0.5) is 17.1 Å². The van der Waals surface area contributed by atoms with Gasteiger partial charge in [0.25, 0.3) is 0 Å². The first-order valence-corrected chi connectivity index (χ1v) is 7.97. The Hall–Kier alpha value is -2.05. The van der Waals surface area contributed by atoms with Gasteiger partial charge in [-0.2, -0.15) is 0 Å².